The van der Waals surface area contributed by atoms with Crippen LogP contribution in [0.15, 0.2) is 53.2 Å². The van der Waals surface area contributed by atoms with Crippen LogP contribution in [-0.4, -0.2) is 25.1 Å². The van der Waals surface area contributed by atoms with E-state index in [9.17, 15) is 9.59 Å². The first-order chi connectivity index (χ1) is 14.5. The van der Waals surface area contributed by atoms with Crippen molar-refractivity contribution in [2.75, 3.05) is 18.5 Å². The van der Waals surface area contributed by atoms with Gasteiger partial charge in [0, 0.05) is 16.5 Å². The van der Waals surface area contributed by atoms with Crippen LogP contribution in [-0.2, 0) is 9.53 Å². The lowest BCUT2D eigenvalue weighted by molar-refractivity contribution is -0.111. The van der Waals surface area contributed by atoms with E-state index in [0.717, 1.165) is 21.8 Å². The highest BCUT2D eigenvalue weighted by atomic mass is 32.1. The molecule has 7 heteroatoms. The molecule has 1 amide bonds. The van der Waals surface area contributed by atoms with E-state index in [4.69, 9.17) is 13.9 Å². The van der Waals surface area contributed by atoms with Gasteiger partial charge in [0.05, 0.1) is 19.5 Å². The van der Waals surface area contributed by atoms with Gasteiger partial charge in [-0.3, -0.25) is 4.79 Å². The van der Waals surface area contributed by atoms with E-state index in [2.05, 4.69) is 5.32 Å². The molecule has 3 rings (SSSR count). The van der Waals surface area contributed by atoms with E-state index in [1.807, 2.05) is 38.1 Å². The summed E-state index contributed by atoms with van der Waals surface area (Å²) in [6.07, 6.45) is 4.45. The topological polar surface area (TPSA) is 77.8 Å². The third-order valence-corrected chi connectivity index (χ3v) is 5.22. The van der Waals surface area contributed by atoms with E-state index >= 15 is 0 Å². The number of carbonyl (C=O) groups excluding carboxylic acids is 2. The molecule has 0 aliphatic carbocycles. The molecule has 1 N–H and O–H groups in total. The first kappa shape index (κ1) is 21.4. The van der Waals surface area contributed by atoms with Gasteiger partial charge in [0.2, 0.25) is 5.91 Å². The number of ether oxygens (including phenoxy) is 2. The van der Waals surface area contributed by atoms with Gasteiger partial charge in [-0.15, -0.1) is 11.3 Å². The summed E-state index contributed by atoms with van der Waals surface area (Å²) in [7, 11) is 0. The first-order valence-corrected chi connectivity index (χ1v) is 10.4. The number of esters is 1. The van der Waals surface area contributed by atoms with E-state index in [-0.39, 0.29) is 12.5 Å². The fourth-order valence-corrected chi connectivity index (χ4v) is 4.03. The Morgan fingerprint density at radius 2 is 1.90 bits per heavy atom. The SMILES string of the molecule is CCOC(=O)c1c(NC(=O)/C=C/c2ccco2)sc(C)c1-c1ccc(OCC)cc1. The Balaban J connectivity index is 1.94. The molecule has 0 aliphatic rings. The van der Waals surface area contributed by atoms with Gasteiger partial charge in [0.1, 0.15) is 22.1 Å². The smallest absolute Gasteiger partial charge is 0.341 e. The maximum absolute atomic E-state index is 12.7. The minimum atomic E-state index is -0.476. The average Bonchev–Trinajstić information content (AvgIpc) is 3.35. The quantitative estimate of drug-likeness (QED) is 0.378. The Kier molecular flexibility index (Phi) is 7.08. The van der Waals surface area contributed by atoms with Crippen LogP contribution in [0.5, 0.6) is 5.75 Å². The van der Waals surface area contributed by atoms with Crippen molar-refractivity contribution >= 4 is 34.3 Å². The summed E-state index contributed by atoms with van der Waals surface area (Å²) in [5.74, 6) is 0.476. The molecule has 2 heterocycles. The maximum atomic E-state index is 12.7. The van der Waals surface area contributed by atoms with Crippen LogP contribution in [0.25, 0.3) is 17.2 Å². The molecular weight excluding hydrogens is 402 g/mol. The van der Waals surface area contributed by atoms with Crippen LogP contribution in [0.1, 0.15) is 34.8 Å². The number of thiophene rings is 1. The fourth-order valence-electron chi connectivity index (χ4n) is 2.96. The molecule has 0 unspecified atom stereocenters. The number of amides is 1. The van der Waals surface area contributed by atoms with Crippen molar-refractivity contribution in [3.05, 3.63) is 64.9 Å². The highest BCUT2D eigenvalue weighted by Crippen LogP contribution is 2.40. The van der Waals surface area contributed by atoms with Crippen LogP contribution in [0, 0.1) is 6.92 Å². The second-order valence-electron chi connectivity index (χ2n) is 6.25. The molecule has 0 spiro atoms. The van der Waals surface area contributed by atoms with Gasteiger partial charge in [-0.2, -0.15) is 0 Å². The highest BCUT2D eigenvalue weighted by molar-refractivity contribution is 7.17. The minimum absolute atomic E-state index is 0.238. The third-order valence-electron chi connectivity index (χ3n) is 4.20. The van der Waals surface area contributed by atoms with E-state index in [1.54, 1.807) is 25.1 Å². The number of nitrogens with one attached hydrogen (secondary N) is 1. The average molecular weight is 426 g/mol. The number of carbonyl (C=O) groups is 2. The van der Waals surface area contributed by atoms with Crippen LogP contribution in [0.3, 0.4) is 0 Å². The highest BCUT2D eigenvalue weighted by Gasteiger charge is 2.25. The van der Waals surface area contributed by atoms with E-state index in [1.165, 1.54) is 23.7 Å². The van der Waals surface area contributed by atoms with Gasteiger partial charge in [0.25, 0.3) is 0 Å². The number of benzene rings is 1. The summed E-state index contributed by atoms with van der Waals surface area (Å²) >= 11 is 1.33. The second kappa shape index (κ2) is 9.93. The molecule has 30 heavy (non-hydrogen) atoms. The third kappa shape index (κ3) is 4.99. The van der Waals surface area contributed by atoms with Gasteiger partial charge in [-0.05, 0) is 56.7 Å². The van der Waals surface area contributed by atoms with Crippen molar-refractivity contribution < 1.29 is 23.5 Å². The number of aryl methyl sites for hydroxylation is 1. The van der Waals surface area contributed by atoms with Crippen LogP contribution in [0.2, 0.25) is 0 Å². The number of anilines is 1. The monoisotopic (exact) mass is 425 g/mol. The Bertz CT molecular complexity index is 1030. The van der Waals surface area contributed by atoms with Gasteiger partial charge >= 0.3 is 5.97 Å². The summed E-state index contributed by atoms with van der Waals surface area (Å²) in [6, 6.07) is 11.0. The first-order valence-electron chi connectivity index (χ1n) is 9.59. The standard InChI is InChI=1S/C23H23NO5S/c1-4-27-18-10-8-16(9-11-18)20-15(3)30-22(21(20)23(26)28-5-2)24-19(25)13-12-17-7-6-14-29-17/h6-14H,4-5H2,1-3H3,(H,24,25)/b13-12+. The van der Waals surface area contributed by atoms with Crippen LogP contribution in [0.4, 0.5) is 5.00 Å². The Hall–Kier alpha value is -3.32. The lowest BCUT2D eigenvalue weighted by Crippen LogP contribution is -2.12. The van der Waals surface area contributed by atoms with Crippen LogP contribution < -0.4 is 10.1 Å². The molecule has 0 aliphatic heterocycles. The molecule has 0 saturated heterocycles. The normalized spacial score (nSPS) is 10.9. The summed E-state index contributed by atoms with van der Waals surface area (Å²) < 4.78 is 16.0. The van der Waals surface area contributed by atoms with Gasteiger partial charge in [-0.1, -0.05) is 12.1 Å². The molecule has 1 aromatic carbocycles. The lowest BCUT2D eigenvalue weighted by Gasteiger charge is -2.09. The Morgan fingerprint density at radius 3 is 2.53 bits per heavy atom. The molecule has 2 aromatic heterocycles. The van der Waals surface area contributed by atoms with Crippen LogP contribution >= 0.6 is 11.3 Å². The molecule has 0 bridgehead atoms. The number of hydrogen-bond donors (Lipinski definition) is 1. The summed E-state index contributed by atoms with van der Waals surface area (Å²) in [4.78, 5) is 26.1. The summed E-state index contributed by atoms with van der Waals surface area (Å²) in [5, 5.41) is 3.25. The van der Waals surface area contributed by atoms with Gasteiger partial charge < -0.3 is 19.2 Å². The predicted molar refractivity (Wildman–Crippen MR) is 118 cm³/mol. The predicted octanol–water partition coefficient (Wildman–Crippen LogP) is 5.54. The molecule has 0 atom stereocenters. The molecule has 3 aromatic rings. The van der Waals surface area contributed by atoms with Crippen molar-refractivity contribution in [1.29, 1.82) is 0 Å². The van der Waals surface area contributed by atoms with E-state index in [0.29, 0.717) is 22.9 Å². The fraction of sp³-hybridized carbons (Fsp3) is 0.217. The van der Waals surface area contributed by atoms with E-state index < -0.39 is 5.97 Å². The minimum Gasteiger partial charge on any atom is -0.494 e. The van der Waals surface area contributed by atoms with Crippen molar-refractivity contribution in [3.63, 3.8) is 0 Å². The molecule has 0 saturated carbocycles. The Labute approximate surface area is 179 Å². The summed E-state index contributed by atoms with van der Waals surface area (Å²) in [6.45, 7) is 6.39. The maximum Gasteiger partial charge on any atom is 0.341 e. The second-order valence-corrected chi connectivity index (χ2v) is 7.48. The summed E-state index contributed by atoms with van der Waals surface area (Å²) in [5.41, 5.74) is 1.94. The van der Waals surface area contributed by atoms with Gasteiger partial charge in [-0.25, -0.2) is 4.79 Å². The molecule has 0 fully saturated rings. The zero-order valence-electron chi connectivity index (χ0n) is 17.1. The molecule has 156 valence electrons. The van der Waals surface area contributed by atoms with Gasteiger partial charge in [0.15, 0.2) is 0 Å². The van der Waals surface area contributed by atoms with Crippen molar-refractivity contribution in [1.82, 2.24) is 0 Å². The number of hydrogen-bond acceptors (Lipinski definition) is 6. The van der Waals surface area contributed by atoms with Crippen molar-refractivity contribution in [2.45, 2.75) is 20.8 Å². The van der Waals surface area contributed by atoms with Crippen molar-refractivity contribution in [2.24, 2.45) is 0 Å². The molecular formula is C23H23NO5S. The van der Waals surface area contributed by atoms with Crippen molar-refractivity contribution in [3.8, 4) is 16.9 Å². The Morgan fingerprint density at radius 1 is 1.13 bits per heavy atom. The zero-order valence-corrected chi connectivity index (χ0v) is 17.9. The zero-order chi connectivity index (χ0) is 21.5. The molecule has 0 radical (unpaired) electrons. The molecule has 6 nitrogen and oxygen atoms in total. The lowest BCUT2D eigenvalue weighted by atomic mass is 10.0. The number of rotatable bonds is 8. The number of furan rings is 1. The largest absolute Gasteiger partial charge is 0.494 e.